The number of carbonyl (C=O) groups is 1. The van der Waals surface area contributed by atoms with E-state index in [1.54, 1.807) is 29.2 Å². The molecule has 0 saturated carbocycles. The number of carbonyl (C=O) groups excluding carboxylic acids is 1. The van der Waals surface area contributed by atoms with Crippen LogP contribution < -0.4 is 0 Å². The average molecular weight is 386 g/mol. The molecule has 1 fully saturated rings. The Morgan fingerprint density at radius 1 is 1.22 bits per heavy atom. The second kappa shape index (κ2) is 7.48. The number of benzene rings is 2. The second-order valence-electron chi connectivity index (χ2n) is 6.56. The van der Waals surface area contributed by atoms with Crippen molar-refractivity contribution in [3.63, 3.8) is 0 Å². The molecule has 7 heteroatoms. The molecule has 1 aromatic heterocycles. The highest BCUT2D eigenvalue weighted by molar-refractivity contribution is 6.30. The Bertz CT molecular complexity index is 958. The van der Waals surface area contributed by atoms with Gasteiger partial charge in [-0.25, -0.2) is 4.39 Å². The molecule has 5 nitrogen and oxygen atoms in total. The summed E-state index contributed by atoms with van der Waals surface area (Å²) in [6.07, 6.45) is 1.68. The molecule has 1 saturated heterocycles. The summed E-state index contributed by atoms with van der Waals surface area (Å²) in [5.41, 5.74) is 1.17. The van der Waals surface area contributed by atoms with E-state index in [0.29, 0.717) is 35.4 Å². The second-order valence-corrected chi connectivity index (χ2v) is 7.00. The summed E-state index contributed by atoms with van der Waals surface area (Å²) in [7, 11) is 0. The molecule has 27 heavy (non-hydrogen) atoms. The maximum Gasteiger partial charge on any atom is 0.253 e. The van der Waals surface area contributed by atoms with Crippen LogP contribution in [0, 0.1) is 5.82 Å². The van der Waals surface area contributed by atoms with Crippen LogP contribution in [0.5, 0.6) is 0 Å². The predicted octanol–water partition coefficient (Wildman–Crippen LogP) is 4.55. The van der Waals surface area contributed by atoms with Crippen molar-refractivity contribution >= 4 is 17.5 Å². The van der Waals surface area contributed by atoms with Gasteiger partial charge in [0, 0.05) is 29.2 Å². The molecule has 0 aliphatic carbocycles. The number of nitrogens with zero attached hydrogens (tertiary/aromatic N) is 3. The number of hydrogen-bond donors (Lipinski definition) is 0. The highest BCUT2D eigenvalue weighted by Crippen LogP contribution is 2.28. The topological polar surface area (TPSA) is 59.2 Å². The van der Waals surface area contributed by atoms with Gasteiger partial charge in [-0.1, -0.05) is 22.8 Å². The number of piperidine rings is 1. The van der Waals surface area contributed by atoms with Gasteiger partial charge in [-0.2, -0.15) is 4.98 Å². The van der Waals surface area contributed by atoms with Gasteiger partial charge in [0.25, 0.3) is 5.91 Å². The van der Waals surface area contributed by atoms with Gasteiger partial charge in [0.05, 0.1) is 5.92 Å². The Hall–Kier alpha value is -2.73. The van der Waals surface area contributed by atoms with E-state index in [2.05, 4.69) is 10.1 Å². The molecule has 0 radical (unpaired) electrons. The smallest absolute Gasteiger partial charge is 0.253 e. The summed E-state index contributed by atoms with van der Waals surface area (Å²) in [4.78, 5) is 18.9. The van der Waals surface area contributed by atoms with Crippen LogP contribution in [-0.2, 0) is 0 Å². The minimum atomic E-state index is -0.418. The molecule has 0 spiro atoms. The van der Waals surface area contributed by atoms with Gasteiger partial charge in [-0.15, -0.1) is 0 Å². The van der Waals surface area contributed by atoms with Crippen molar-refractivity contribution in [2.45, 2.75) is 18.8 Å². The summed E-state index contributed by atoms with van der Waals surface area (Å²) in [5.74, 6) is 0.368. The predicted molar refractivity (Wildman–Crippen MR) is 99.0 cm³/mol. The third-order valence-corrected chi connectivity index (χ3v) is 4.93. The van der Waals surface area contributed by atoms with E-state index in [1.807, 2.05) is 12.1 Å². The Morgan fingerprint density at radius 3 is 2.81 bits per heavy atom. The zero-order valence-corrected chi connectivity index (χ0v) is 15.2. The number of likely N-dealkylation sites (tertiary alicyclic amines) is 1. The number of hydrogen-bond acceptors (Lipinski definition) is 4. The Labute approximate surface area is 160 Å². The van der Waals surface area contributed by atoms with E-state index in [-0.39, 0.29) is 11.8 Å². The molecule has 3 aromatic rings. The van der Waals surface area contributed by atoms with Gasteiger partial charge < -0.3 is 9.42 Å². The van der Waals surface area contributed by atoms with Gasteiger partial charge in [0.2, 0.25) is 11.7 Å². The molecule has 138 valence electrons. The summed E-state index contributed by atoms with van der Waals surface area (Å²) >= 11 is 5.91. The van der Waals surface area contributed by atoms with Crippen molar-refractivity contribution in [1.82, 2.24) is 15.0 Å². The fraction of sp³-hybridized carbons (Fsp3) is 0.250. The van der Waals surface area contributed by atoms with Crippen LogP contribution in [0.2, 0.25) is 5.02 Å². The molecule has 0 N–H and O–H groups in total. The Kier molecular flexibility index (Phi) is 4.90. The van der Waals surface area contributed by atoms with Crippen LogP contribution in [0.4, 0.5) is 4.39 Å². The lowest BCUT2D eigenvalue weighted by Crippen LogP contribution is -2.39. The van der Waals surface area contributed by atoms with Crippen LogP contribution in [0.3, 0.4) is 0 Å². The van der Waals surface area contributed by atoms with Crippen molar-refractivity contribution in [2.75, 3.05) is 13.1 Å². The lowest BCUT2D eigenvalue weighted by molar-refractivity contribution is 0.0695. The summed E-state index contributed by atoms with van der Waals surface area (Å²) in [5, 5.41) is 4.69. The molecule has 1 atom stereocenters. The zero-order chi connectivity index (χ0) is 18.8. The van der Waals surface area contributed by atoms with Crippen LogP contribution in [-0.4, -0.2) is 34.0 Å². The minimum Gasteiger partial charge on any atom is -0.339 e. The fourth-order valence-corrected chi connectivity index (χ4v) is 3.41. The lowest BCUT2D eigenvalue weighted by atomic mass is 9.97. The number of rotatable bonds is 3. The first-order chi connectivity index (χ1) is 13.1. The highest BCUT2D eigenvalue weighted by atomic mass is 35.5. The fourth-order valence-electron chi connectivity index (χ4n) is 3.28. The molecule has 0 bridgehead atoms. The quantitative estimate of drug-likeness (QED) is 0.663. The van der Waals surface area contributed by atoms with Crippen molar-refractivity contribution < 1.29 is 13.7 Å². The maximum absolute atomic E-state index is 13.4. The standard InChI is InChI=1S/C20H17ClFN3O2/c21-16-8-6-13(7-9-16)18-23-19(27-24-18)15-4-2-10-25(12-15)20(26)14-3-1-5-17(22)11-14/h1,3,5-9,11,15H,2,4,10,12H2/t15-/m1/s1. The first-order valence-corrected chi connectivity index (χ1v) is 9.12. The normalized spacial score (nSPS) is 17.1. The van der Waals surface area contributed by atoms with E-state index >= 15 is 0 Å². The summed E-state index contributed by atoms with van der Waals surface area (Å²) < 4.78 is 18.9. The molecular weight excluding hydrogens is 369 g/mol. The van der Waals surface area contributed by atoms with Crippen molar-refractivity contribution in [2.24, 2.45) is 0 Å². The average Bonchev–Trinajstić information content (AvgIpc) is 3.18. The molecule has 2 heterocycles. The van der Waals surface area contributed by atoms with Crippen LogP contribution in [0.1, 0.15) is 35.0 Å². The van der Waals surface area contributed by atoms with Gasteiger partial charge in [0.1, 0.15) is 5.82 Å². The molecular formula is C20H17ClFN3O2. The van der Waals surface area contributed by atoms with Crippen LogP contribution >= 0.6 is 11.6 Å². The van der Waals surface area contributed by atoms with Crippen molar-refractivity contribution in [3.8, 4) is 11.4 Å². The van der Waals surface area contributed by atoms with E-state index in [4.69, 9.17) is 16.1 Å². The molecule has 4 rings (SSSR count). The highest BCUT2D eigenvalue weighted by Gasteiger charge is 2.29. The van der Waals surface area contributed by atoms with E-state index in [9.17, 15) is 9.18 Å². The van der Waals surface area contributed by atoms with Gasteiger partial charge in [-0.05, 0) is 55.3 Å². The number of amides is 1. The minimum absolute atomic E-state index is 0.0372. The monoisotopic (exact) mass is 385 g/mol. The van der Waals surface area contributed by atoms with Crippen LogP contribution in [0.25, 0.3) is 11.4 Å². The third-order valence-electron chi connectivity index (χ3n) is 4.67. The molecule has 2 aromatic carbocycles. The van der Waals surface area contributed by atoms with Crippen molar-refractivity contribution in [3.05, 3.63) is 70.8 Å². The van der Waals surface area contributed by atoms with Gasteiger partial charge in [0.15, 0.2) is 0 Å². The molecule has 0 unspecified atom stereocenters. The van der Waals surface area contributed by atoms with Gasteiger partial charge >= 0.3 is 0 Å². The zero-order valence-electron chi connectivity index (χ0n) is 14.4. The largest absolute Gasteiger partial charge is 0.339 e. The molecule has 1 aliphatic rings. The lowest BCUT2D eigenvalue weighted by Gasteiger charge is -2.31. The van der Waals surface area contributed by atoms with Crippen molar-refractivity contribution in [1.29, 1.82) is 0 Å². The SMILES string of the molecule is O=C(c1cccc(F)c1)N1CCC[C@@H](c2nc(-c3ccc(Cl)cc3)no2)C1. The van der Waals surface area contributed by atoms with E-state index < -0.39 is 5.82 Å². The number of halogens is 2. The first-order valence-electron chi connectivity index (χ1n) is 8.74. The Morgan fingerprint density at radius 2 is 2.04 bits per heavy atom. The molecule has 1 aliphatic heterocycles. The first kappa shape index (κ1) is 17.7. The van der Waals surface area contributed by atoms with Gasteiger partial charge in [-0.3, -0.25) is 4.79 Å². The summed E-state index contributed by atoms with van der Waals surface area (Å²) in [6.45, 7) is 1.10. The maximum atomic E-state index is 13.4. The number of aromatic nitrogens is 2. The van der Waals surface area contributed by atoms with Crippen LogP contribution in [0.15, 0.2) is 53.1 Å². The van der Waals surface area contributed by atoms with E-state index in [1.165, 1.54) is 12.1 Å². The molecule has 1 amide bonds. The Balaban J connectivity index is 1.50. The summed E-state index contributed by atoms with van der Waals surface area (Å²) in [6, 6.07) is 13.0. The van der Waals surface area contributed by atoms with E-state index in [0.717, 1.165) is 18.4 Å². The third kappa shape index (κ3) is 3.85.